The molecule has 12 heteroatoms. The van der Waals surface area contributed by atoms with Gasteiger partial charge in [-0.05, 0) is 71.9 Å². The number of nitrogens with one attached hydrogen (secondary N) is 2. The zero-order valence-corrected chi connectivity index (χ0v) is 36.8. The average molecular weight is 865 g/mol. The Morgan fingerprint density at radius 3 is 1.31 bits per heavy atom. The molecular formula is C50H52N6O4S2. The molecule has 4 atom stereocenters. The number of nitrogens with zero attached hydrogens (tertiary/aromatic N) is 4. The van der Waals surface area contributed by atoms with Crippen LogP contribution in [-0.2, 0) is 19.2 Å². The van der Waals surface area contributed by atoms with Crippen molar-refractivity contribution in [1.82, 2.24) is 30.4 Å². The highest BCUT2D eigenvalue weighted by Crippen LogP contribution is 2.41. The summed E-state index contributed by atoms with van der Waals surface area (Å²) >= 11 is 3.23. The summed E-state index contributed by atoms with van der Waals surface area (Å²) in [6, 6.07) is 34.2. The minimum absolute atomic E-state index is 0.0962. The first-order chi connectivity index (χ1) is 30.3. The van der Waals surface area contributed by atoms with Gasteiger partial charge in [-0.15, -0.1) is 22.7 Å². The third-order valence-corrected chi connectivity index (χ3v) is 14.0. The van der Waals surface area contributed by atoms with Crippen LogP contribution in [0.15, 0.2) is 122 Å². The van der Waals surface area contributed by atoms with Gasteiger partial charge in [-0.3, -0.25) is 19.2 Å². The Hall–Kier alpha value is -5.98. The Morgan fingerprint density at radius 1 is 0.565 bits per heavy atom. The van der Waals surface area contributed by atoms with Crippen LogP contribution in [0.25, 0.3) is 32.0 Å². The summed E-state index contributed by atoms with van der Waals surface area (Å²) in [5.74, 6) is -0.439. The lowest BCUT2D eigenvalue weighted by Gasteiger charge is -2.28. The number of hydrogen-bond donors (Lipinski definition) is 2. The second-order valence-corrected chi connectivity index (χ2v) is 18.1. The van der Waals surface area contributed by atoms with Gasteiger partial charge >= 0.3 is 0 Å². The molecule has 2 saturated heterocycles. The Bertz CT molecular complexity index is 2300. The number of rotatable bonds is 15. The van der Waals surface area contributed by atoms with Crippen LogP contribution in [0, 0.1) is 0 Å². The van der Waals surface area contributed by atoms with Crippen molar-refractivity contribution in [3.63, 3.8) is 0 Å². The molecule has 8 rings (SSSR count). The summed E-state index contributed by atoms with van der Waals surface area (Å²) < 4.78 is 0. The zero-order valence-electron chi connectivity index (χ0n) is 35.2. The quantitative estimate of drug-likeness (QED) is 0.106. The fraction of sp³-hybridized carbons (Fsp3) is 0.320. The first-order valence-corrected chi connectivity index (χ1v) is 23.4. The third-order valence-electron chi connectivity index (χ3n) is 11.7. The van der Waals surface area contributed by atoms with Crippen molar-refractivity contribution >= 4 is 46.3 Å². The molecule has 0 unspecified atom stereocenters. The van der Waals surface area contributed by atoms with Gasteiger partial charge in [0.2, 0.25) is 23.6 Å². The van der Waals surface area contributed by atoms with Crippen molar-refractivity contribution in [3.8, 4) is 32.0 Å². The lowest BCUT2D eigenvalue weighted by atomic mass is 10.0. The molecule has 2 N–H and O–H groups in total. The zero-order chi connectivity index (χ0) is 43.0. The number of carbonyl (C=O) groups is 4. The van der Waals surface area contributed by atoms with Crippen molar-refractivity contribution in [2.75, 3.05) is 13.1 Å². The van der Waals surface area contributed by atoms with Gasteiger partial charge in [0, 0.05) is 38.3 Å². The SMILES string of the molecule is CCCC(=O)N[C@H](C(=O)N1CCC[C@H]1c1ncc(-c2ccc(-c3ccc(-c4cnc([C@@H]5CCCN5C(=O)[C@H](NC(=O)CCC)c5ccccc5)s4)cc3)cc2)s1)c1ccccc1. The number of likely N-dealkylation sites (tertiary alicyclic amines) is 2. The van der Waals surface area contributed by atoms with E-state index >= 15 is 0 Å². The van der Waals surface area contributed by atoms with Gasteiger partial charge < -0.3 is 20.4 Å². The molecule has 2 aliphatic heterocycles. The molecule has 0 bridgehead atoms. The number of amides is 4. The Labute approximate surface area is 371 Å². The van der Waals surface area contributed by atoms with Crippen molar-refractivity contribution < 1.29 is 19.2 Å². The summed E-state index contributed by atoms with van der Waals surface area (Å²) in [5, 5.41) is 7.82. The van der Waals surface area contributed by atoms with E-state index in [1.54, 1.807) is 22.7 Å². The molecule has 4 aromatic carbocycles. The van der Waals surface area contributed by atoms with E-state index in [1.165, 1.54) is 0 Å². The first-order valence-electron chi connectivity index (χ1n) is 21.7. The monoisotopic (exact) mass is 864 g/mol. The maximum atomic E-state index is 14.1. The van der Waals surface area contributed by atoms with E-state index in [2.05, 4.69) is 59.2 Å². The van der Waals surface area contributed by atoms with Crippen LogP contribution in [0.3, 0.4) is 0 Å². The lowest BCUT2D eigenvalue weighted by Crippen LogP contribution is -2.42. The topological polar surface area (TPSA) is 125 Å². The smallest absolute Gasteiger partial charge is 0.250 e. The first kappa shape index (κ1) is 42.7. The van der Waals surface area contributed by atoms with E-state index in [0.717, 1.165) is 78.8 Å². The van der Waals surface area contributed by atoms with Gasteiger partial charge in [-0.2, -0.15) is 0 Å². The standard InChI is InChI=1S/C50H52N6O4S2/c1-3-13-43(57)53-45(37-15-7-5-8-16-37)49(59)55-29-11-19-39(55)47-51-31-41(61-47)35-25-21-33(22-26-35)34-23-27-36(28-24-34)42-32-52-48(62-42)40-20-12-30-56(40)50(60)46(54-44(58)14-4-2)38-17-9-6-10-18-38/h5-10,15-18,21-28,31-32,39-40,45-46H,3-4,11-14,19-20,29-30H2,1-2H3,(H,53,57)(H,54,58)/t39-,40-,45-,46+/m0/s1. The number of aromatic nitrogens is 2. The summed E-state index contributed by atoms with van der Waals surface area (Å²) in [6.07, 6.45) is 9.39. The molecule has 10 nitrogen and oxygen atoms in total. The number of carbonyl (C=O) groups excluding carboxylic acids is 4. The average Bonchev–Trinajstić information content (AvgIpc) is 4.16. The van der Waals surface area contributed by atoms with Crippen LogP contribution < -0.4 is 10.6 Å². The Kier molecular flexibility index (Phi) is 13.6. The van der Waals surface area contributed by atoms with E-state index in [4.69, 9.17) is 9.97 Å². The predicted molar refractivity (Wildman–Crippen MR) is 246 cm³/mol. The van der Waals surface area contributed by atoms with Crippen LogP contribution >= 0.6 is 22.7 Å². The van der Waals surface area contributed by atoms with Gasteiger partial charge in [-0.1, -0.05) is 123 Å². The Morgan fingerprint density at radius 2 is 0.935 bits per heavy atom. The maximum absolute atomic E-state index is 14.1. The third kappa shape index (κ3) is 9.56. The molecule has 0 spiro atoms. The van der Waals surface area contributed by atoms with E-state index < -0.39 is 12.1 Å². The maximum Gasteiger partial charge on any atom is 0.250 e. The molecule has 318 valence electrons. The van der Waals surface area contributed by atoms with Crippen LogP contribution in [0.5, 0.6) is 0 Å². The molecule has 4 amide bonds. The number of benzene rings is 4. The summed E-state index contributed by atoms with van der Waals surface area (Å²) in [6.45, 7) is 5.16. The minimum Gasteiger partial charge on any atom is -0.341 e. The van der Waals surface area contributed by atoms with Gasteiger partial charge in [0.1, 0.15) is 22.1 Å². The largest absolute Gasteiger partial charge is 0.341 e. The van der Waals surface area contributed by atoms with Crippen molar-refractivity contribution in [1.29, 1.82) is 0 Å². The fourth-order valence-corrected chi connectivity index (χ4v) is 10.6. The Balaban J connectivity index is 0.924. The van der Waals surface area contributed by atoms with Crippen LogP contribution in [0.1, 0.15) is 111 Å². The van der Waals surface area contributed by atoms with Crippen molar-refractivity contribution in [3.05, 3.63) is 143 Å². The van der Waals surface area contributed by atoms with Crippen molar-refractivity contribution in [2.24, 2.45) is 0 Å². The molecule has 0 radical (unpaired) electrons. The molecule has 0 aliphatic carbocycles. The summed E-state index contributed by atoms with van der Waals surface area (Å²) in [4.78, 5) is 69.0. The van der Waals surface area contributed by atoms with Gasteiger partial charge in [-0.25, -0.2) is 9.97 Å². The fourth-order valence-electron chi connectivity index (χ4n) is 8.50. The van der Waals surface area contributed by atoms with Gasteiger partial charge in [0.25, 0.3) is 0 Å². The van der Waals surface area contributed by atoms with E-state index in [-0.39, 0.29) is 35.7 Å². The van der Waals surface area contributed by atoms with Crippen molar-refractivity contribution in [2.45, 2.75) is 89.4 Å². The number of thiazole rings is 2. The lowest BCUT2D eigenvalue weighted by molar-refractivity contribution is -0.137. The predicted octanol–water partition coefficient (Wildman–Crippen LogP) is 10.2. The molecule has 2 aromatic heterocycles. The molecule has 2 aliphatic rings. The molecule has 6 aromatic rings. The molecule has 0 saturated carbocycles. The van der Waals surface area contributed by atoms with E-state index in [9.17, 15) is 19.2 Å². The summed E-state index contributed by atoms with van der Waals surface area (Å²) in [5.41, 5.74) is 5.88. The molecule has 2 fully saturated rings. The highest BCUT2D eigenvalue weighted by molar-refractivity contribution is 7.15. The molecule has 62 heavy (non-hydrogen) atoms. The second kappa shape index (κ2) is 19.8. The van der Waals surface area contributed by atoms with E-state index in [1.807, 2.05) is 96.7 Å². The van der Waals surface area contributed by atoms with Crippen LogP contribution in [0.4, 0.5) is 0 Å². The summed E-state index contributed by atoms with van der Waals surface area (Å²) in [7, 11) is 0. The minimum atomic E-state index is -0.734. The van der Waals surface area contributed by atoms with Crippen LogP contribution in [0.2, 0.25) is 0 Å². The second-order valence-electron chi connectivity index (χ2n) is 16.0. The highest BCUT2D eigenvalue weighted by atomic mass is 32.1. The van der Waals surface area contributed by atoms with Gasteiger partial charge in [0.15, 0.2) is 0 Å². The molecule has 4 heterocycles. The molecular weight excluding hydrogens is 813 g/mol. The highest BCUT2D eigenvalue weighted by Gasteiger charge is 2.38. The van der Waals surface area contributed by atoms with E-state index in [0.29, 0.717) is 38.8 Å². The number of hydrogen-bond acceptors (Lipinski definition) is 8. The normalized spacial score (nSPS) is 17.1. The van der Waals surface area contributed by atoms with Gasteiger partial charge in [0.05, 0.1) is 21.8 Å². The van der Waals surface area contributed by atoms with Crippen LogP contribution in [-0.4, -0.2) is 56.5 Å².